The van der Waals surface area contributed by atoms with Gasteiger partial charge in [0.25, 0.3) is 0 Å². The van der Waals surface area contributed by atoms with Gasteiger partial charge in [0.1, 0.15) is 23.0 Å². The third kappa shape index (κ3) is 8.35. The molecule has 1 radical (unpaired) electrons. The minimum absolute atomic E-state index is 0. The number of aromatic hydroxyl groups is 2. The van der Waals surface area contributed by atoms with Gasteiger partial charge in [0.15, 0.2) is 0 Å². The number of furan rings is 2. The molecule has 2 heterocycles. The van der Waals surface area contributed by atoms with Crippen LogP contribution in [0.15, 0.2) is 115 Å². The molecule has 4 rings (SSSR count). The van der Waals surface area contributed by atoms with Crippen molar-refractivity contribution < 1.29 is 46.0 Å². The third-order valence-electron chi connectivity index (χ3n) is 4.05. The number of aliphatic hydroxyl groups excluding tert-OH is 2. The van der Waals surface area contributed by atoms with Crippen LogP contribution in [0, 0.1) is 0 Å². The van der Waals surface area contributed by atoms with E-state index in [4.69, 9.17) is 8.83 Å². The molecule has 0 aliphatic rings. The fourth-order valence-corrected chi connectivity index (χ4v) is 2.44. The second-order valence-corrected chi connectivity index (χ2v) is 6.40. The predicted octanol–water partition coefficient (Wildman–Crippen LogP) is 4.65. The fraction of sp³-hybridized carbons (Fsp3) is 0. The Bertz CT molecular complexity index is 1200. The van der Waals surface area contributed by atoms with Crippen LogP contribution < -0.4 is 0 Å². The summed E-state index contributed by atoms with van der Waals surface area (Å²) in [5.41, 5.74) is 0.452. The van der Waals surface area contributed by atoms with Crippen LogP contribution in [0.4, 0.5) is 0 Å². The van der Waals surface area contributed by atoms with Gasteiger partial charge in [-0.15, -0.1) is 10.2 Å². The van der Waals surface area contributed by atoms with Gasteiger partial charge in [0.05, 0.1) is 36.1 Å². The molecule has 4 aromatic rings. The van der Waals surface area contributed by atoms with Crippen LogP contribution in [0.25, 0.3) is 0 Å². The van der Waals surface area contributed by atoms with E-state index in [1.54, 1.807) is 48.5 Å². The molecule has 0 fully saturated rings. The summed E-state index contributed by atoms with van der Waals surface area (Å²) in [7, 11) is 0. The molecule has 0 saturated heterocycles. The van der Waals surface area contributed by atoms with E-state index in [9.17, 15) is 20.4 Å². The third-order valence-corrected chi connectivity index (χ3v) is 4.05. The predicted molar refractivity (Wildman–Crippen MR) is 127 cm³/mol. The summed E-state index contributed by atoms with van der Waals surface area (Å²) in [5, 5.41) is 52.4. The van der Waals surface area contributed by atoms with Gasteiger partial charge in [-0.2, -0.15) is 10.2 Å². The molecule has 4 N–H and O–H groups in total. The van der Waals surface area contributed by atoms with Crippen molar-refractivity contribution in [2.24, 2.45) is 20.4 Å². The van der Waals surface area contributed by atoms with Gasteiger partial charge in [-0.25, -0.2) is 0 Å². The largest absolute Gasteiger partial charge is 0.507 e. The van der Waals surface area contributed by atoms with E-state index in [2.05, 4.69) is 20.4 Å². The molecule has 181 valence electrons. The van der Waals surface area contributed by atoms with Crippen molar-refractivity contribution in [1.29, 1.82) is 0 Å². The van der Waals surface area contributed by atoms with Gasteiger partial charge in [-0.05, 0) is 48.5 Å². The van der Waals surface area contributed by atoms with E-state index in [1.807, 2.05) is 0 Å². The summed E-state index contributed by atoms with van der Waals surface area (Å²) in [6, 6.07) is 19.5. The topological polar surface area (TPSA) is 157 Å². The van der Waals surface area contributed by atoms with Gasteiger partial charge < -0.3 is 29.3 Å². The molecule has 0 bridgehead atoms. The van der Waals surface area contributed by atoms with Gasteiger partial charge in [-0.1, -0.05) is 24.3 Å². The van der Waals surface area contributed by atoms with E-state index in [1.165, 1.54) is 49.2 Å². The number of rotatable bonds is 6. The van der Waals surface area contributed by atoms with E-state index in [0.29, 0.717) is 11.5 Å². The van der Waals surface area contributed by atoms with Crippen LogP contribution in [0.3, 0.4) is 0 Å². The average molecular weight is 519 g/mol. The van der Waals surface area contributed by atoms with E-state index >= 15 is 0 Å². The molecule has 0 atom stereocenters. The number of hydrogen-bond acceptors (Lipinski definition) is 8. The molecule has 0 unspecified atom stereocenters. The number of phenols is 2. The Morgan fingerprint density at radius 1 is 0.600 bits per heavy atom. The molecule has 0 saturated carbocycles. The van der Waals surface area contributed by atoms with Gasteiger partial charge in [0, 0.05) is 16.8 Å². The molecular formula is C24H20CoN4O6. The Morgan fingerprint density at radius 2 is 1.00 bits per heavy atom. The Labute approximate surface area is 210 Å². The number of phenolic OH excluding ortho intramolecular Hbond substituents is 2. The van der Waals surface area contributed by atoms with Crippen molar-refractivity contribution in [2.75, 3.05) is 0 Å². The average Bonchev–Trinajstić information content (AvgIpc) is 3.55. The summed E-state index contributed by atoms with van der Waals surface area (Å²) in [5.74, 6) is 0.235. The monoisotopic (exact) mass is 519 g/mol. The van der Waals surface area contributed by atoms with Crippen molar-refractivity contribution in [3.63, 3.8) is 0 Å². The maximum Gasteiger partial charge on any atom is 0.242 e. The first-order valence-corrected chi connectivity index (χ1v) is 9.78. The summed E-state index contributed by atoms with van der Waals surface area (Å²) >= 11 is 0. The van der Waals surface area contributed by atoms with E-state index < -0.39 is 0 Å². The van der Waals surface area contributed by atoms with E-state index in [0.717, 1.165) is 0 Å². The van der Waals surface area contributed by atoms with Crippen LogP contribution in [0.5, 0.6) is 11.5 Å². The van der Waals surface area contributed by atoms with Crippen molar-refractivity contribution in [2.45, 2.75) is 0 Å². The van der Waals surface area contributed by atoms with Crippen LogP contribution in [0.1, 0.15) is 22.6 Å². The normalized spacial score (nSPS) is 11.8. The number of nitrogens with zero attached hydrogens (tertiary/aromatic N) is 4. The first kappa shape index (κ1) is 26.6. The molecule has 10 nitrogen and oxygen atoms in total. The summed E-state index contributed by atoms with van der Waals surface area (Å²) < 4.78 is 9.99. The van der Waals surface area contributed by atoms with Crippen LogP contribution in [-0.2, 0) is 16.8 Å². The fourth-order valence-electron chi connectivity index (χ4n) is 2.44. The summed E-state index contributed by atoms with van der Waals surface area (Å²) in [6.45, 7) is 0. The Kier molecular flexibility index (Phi) is 10.5. The molecule has 35 heavy (non-hydrogen) atoms. The molecule has 2 aromatic carbocycles. The van der Waals surface area contributed by atoms with Crippen LogP contribution in [-0.4, -0.2) is 44.7 Å². The van der Waals surface area contributed by atoms with Crippen LogP contribution >= 0.6 is 0 Å². The smallest absolute Gasteiger partial charge is 0.242 e. The number of aliphatic hydroxyl groups is 2. The molecule has 0 spiro atoms. The van der Waals surface area contributed by atoms with Crippen molar-refractivity contribution in [1.82, 2.24) is 0 Å². The van der Waals surface area contributed by atoms with Crippen molar-refractivity contribution in [3.8, 4) is 11.5 Å². The number of para-hydroxylation sites is 2. The summed E-state index contributed by atoms with van der Waals surface area (Å²) in [4.78, 5) is 0. The zero-order valence-electron chi connectivity index (χ0n) is 18.0. The number of benzene rings is 2. The molecule has 0 aliphatic heterocycles. The second-order valence-electron chi connectivity index (χ2n) is 6.40. The standard InChI is InChI=1S/2C12H10N2O3.Co/c2*15-11-6-2-1-5-10(11)12(16)14-13-8-9-4-3-7-17-9;/h2*1-8,15H,(H,14,16);. The second kappa shape index (κ2) is 13.8. The minimum Gasteiger partial charge on any atom is -0.507 e. The molecular weight excluding hydrogens is 499 g/mol. The zero-order valence-corrected chi connectivity index (χ0v) is 19.0. The molecule has 2 aromatic heterocycles. The van der Waals surface area contributed by atoms with E-state index in [-0.39, 0.29) is 51.2 Å². The quantitative estimate of drug-likeness (QED) is 0.165. The Hall–Kier alpha value is -4.61. The SMILES string of the molecule is OC(=NN=Cc1ccco1)c1ccccc1O.OC(=NN=Cc1ccco1)c1ccccc1O.[Co]. The first-order chi connectivity index (χ1) is 16.5. The molecule has 0 amide bonds. The van der Waals surface area contributed by atoms with Gasteiger partial charge >= 0.3 is 0 Å². The van der Waals surface area contributed by atoms with Gasteiger partial charge in [-0.3, -0.25) is 0 Å². The number of hydrogen-bond donors (Lipinski definition) is 4. The van der Waals surface area contributed by atoms with Crippen LogP contribution in [0.2, 0.25) is 0 Å². The maximum absolute atomic E-state index is 9.58. The molecule has 11 heteroatoms. The zero-order chi connectivity index (χ0) is 24.2. The van der Waals surface area contributed by atoms with Crippen molar-refractivity contribution >= 4 is 24.2 Å². The van der Waals surface area contributed by atoms with Crippen molar-refractivity contribution in [3.05, 3.63) is 108 Å². The summed E-state index contributed by atoms with van der Waals surface area (Å²) in [6.07, 6.45) is 5.73. The Morgan fingerprint density at radius 3 is 1.34 bits per heavy atom. The first-order valence-electron chi connectivity index (χ1n) is 9.78. The minimum atomic E-state index is -0.356. The molecule has 0 aliphatic carbocycles. The Balaban J connectivity index is 0.000000240. The van der Waals surface area contributed by atoms with Gasteiger partial charge in [0.2, 0.25) is 11.8 Å². The maximum atomic E-state index is 9.58.